The maximum Gasteiger partial charge on any atom is 0.420 e. The highest BCUT2D eigenvalue weighted by Crippen LogP contribution is 2.40. The van der Waals surface area contributed by atoms with Gasteiger partial charge in [-0.15, -0.1) is 0 Å². The summed E-state index contributed by atoms with van der Waals surface area (Å²) in [6, 6.07) is 7.44. The van der Waals surface area contributed by atoms with Crippen LogP contribution in [0.2, 0.25) is 0 Å². The molecule has 0 radical (unpaired) electrons. The number of hydrogen-bond acceptors (Lipinski definition) is 4. The number of methoxy groups -OCH3 is 1. The number of benzene rings is 2. The number of halogens is 1. The first kappa shape index (κ1) is 22.3. The largest absolute Gasteiger partial charge is 0.452 e. The van der Waals surface area contributed by atoms with Gasteiger partial charge in [0.1, 0.15) is 5.82 Å². The van der Waals surface area contributed by atoms with Gasteiger partial charge in [0, 0.05) is 17.0 Å². The number of imide groups is 1. The molecule has 0 aliphatic heterocycles. The summed E-state index contributed by atoms with van der Waals surface area (Å²) in [5.74, 6) is -1.64. The average molecular weight is 399 g/mol. The van der Waals surface area contributed by atoms with E-state index in [9.17, 15) is 18.8 Å². The number of Topliss-reactive ketones (excluding diaryl/α,β-unsaturated/α-hetero) is 1. The van der Waals surface area contributed by atoms with Crippen LogP contribution in [0.3, 0.4) is 0 Å². The van der Waals surface area contributed by atoms with Crippen LogP contribution >= 0.6 is 0 Å². The summed E-state index contributed by atoms with van der Waals surface area (Å²) >= 11 is 0. The molecule has 0 N–H and O–H groups in total. The van der Waals surface area contributed by atoms with Gasteiger partial charge >= 0.3 is 6.09 Å². The van der Waals surface area contributed by atoms with E-state index in [4.69, 9.17) is 4.74 Å². The second-order valence-electron chi connectivity index (χ2n) is 7.11. The Hall–Kier alpha value is -3.02. The van der Waals surface area contributed by atoms with Crippen LogP contribution in [0.1, 0.15) is 48.7 Å². The fraction of sp³-hybridized carbons (Fsp3) is 0.348. The van der Waals surface area contributed by atoms with Crippen molar-refractivity contribution in [1.29, 1.82) is 0 Å². The molecule has 0 aliphatic carbocycles. The Morgan fingerprint density at radius 2 is 1.83 bits per heavy atom. The van der Waals surface area contributed by atoms with Gasteiger partial charge in [-0.3, -0.25) is 9.59 Å². The number of nitrogens with zero attached hydrogens (tertiary/aromatic N) is 1. The van der Waals surface area contributed by atoms with E-state index in [1.165, 1.54) is 32.2 Å². The molecule has 0 saturated carbocycles. The van der Waals surface area contributed by atoms with Crippen molar-refractivity contribution in [2.75, 3.05) is 12.0 Å². The Bertz CT molecular complexity index is 968. The van der Waals surface area contributed by atoms with Gasteiger partial charge in [-0.2, -0.15) is 0 Å². The first-order valence-electron chi connectivity index (χ1n) is 9.46. The SMILES string of the molecule is CCC(C)C(=O)N(C(=O)OC)c1c(C)c(C)cc(C(C)=O)c1-c1cccc(F)c1. The van der Waals surface area contributed by atoms with Gasteiger partial charge in [-0.05, 0) is 62.1 Å². The average Bonchev–Trinajstić information content (AvgIpc) is 2.69. The summed E-state index contributed by atoms with van der Waals surface area (Å²) in [6.07, 6.45) is -0.331. The first-order valence-corrected chi connectivity index (χ1v) is 9.46. The number of ether oxygens (including phenoxy) is 1. The third-order valence-corrected chi connectivity index (χ3v) is 5.14. The number of aryl methyl sites for hydroxylation is 1. The molecule has 0 saturated heterocycles. The van der Waals surface area contributed by atoms with Gasteiger partial charge in [-0.1, -0.05) is 26.0 Å². The van der Waals surface area contributed by atoms with Gasteiger partial charge in [0.25, 0.3) is 0 Å². The van der Waals surface area contributed by atoms with Crippen LogP contribution in [0.15, 0.2) is 30.3 Å². The minimum atomic E-state index is -0.851. The molecule has 29 heavy (non-hydrogen) atoms. The predicted molar refractivity (Wildman–Crippen MR) is 111 cm³/mol. The summed E-state index contributed by atoms with van der Waals surface area (Å²) < 4.78 is 18.9. The maximum atomic E-state index is 14.0. The van der Waals surface area contributed by atoms with E-state index >= 15 is 0 Å². The summed E-state index contributed by atoms with van der Waals surface area (Å²) in [7, 11) is 1.19. The minimum absolute atomic E-state index is 0.248. The number of anilines is 1. The van der Waals surface area contributed by atoms with E-state index in [0.29, 0.717) is 28.7 Å². The zero-order chi connectivity index (χ0) is 21.9. The van der Waals surface area contributed by atoms with Crippen molar-refractivity contribution in [2.45, 2.75) is 41.0 Å². The predicted octanol–water partition coefficient (Wildman–Crippen LogP) is 5.46. The van der Waals surface area contributed by atoms with Gasteiger partial charge in [0.2, 0.25) is 5.91 Å². The molecular formula is C23H26FNO4. The topological polar surface area (TPSA) is 63.7 Å². The van der Waals surface area contributed by atoms with E-state index in [2.05, 4.69) is 0 Å². The Morgan fingerprint density at radius 3 is 2.34 bits per heavy atom. The lowest BCUT2D eigenvalue weighted by molar-refractivity contribution is -0.121. The third kappa shape index (κ3) is 4.36. The zero-order valence-corrected chi connectivity index (χ0v) is 17.6. The molecule has 2 aromatic rings. The number of rotatable bonds is 5. The molecule has 0 heterocycles. The highest BCUT2D eigenvalue weighted by molar-refractivity contribution is 6.18. The molecule has 0 fully saturated rings. The van der Waals surface area contributed by atoms with Gasteiger partial charge in [-0.25, -0.2) is 14.1 Å². The molecule has 0 aliphatic rings. The number of carbonyl (C=O) groups is 3. The molecule has 2 rings (SSSR count). The number of hydrogen-bond donors (Lipinski definition) is 0. The Kier molecular flexibility index (Phi) is 6.90. The molecule has 6 heteroatoms. The standard InChI is InChI=1S/C23H26FNO4/c1-7-13(2)22(27)25(23(28)29-6)21-15(4)14(3)11-19(16(5)26)20(21)17-9-8-10-18(24)12-17/h8-13H,7H2,1-6H3. The zero-order valence-electron chi connectivity index (χ0n) is 17.6. The molecule has 5 nitrogen and oxygen atoms in total. The van der Waals surface area contributed by atoms with Crippen LogP contribution in [0.4, 0.5) is 14.9 Å². The van der Waals surface area contributed by atoms with Crippen LogP contribution in [-0.2, 0) is 9.53 Å². The summed E-state index contributed by atoms with van der Waals surface area (Å²) in [5.41, 5.74) is 2.66. The molecule has 2 amide bonds. The number of ketones is 1. The minimum Gasteiger partial charge on any atom is -0.452 e. The van der Waals surface area contributed by atoms with Crippen LogP contribution in [0.25, 0.3) is 11.1 Å². The van der Waals surface area contributed by atoms with Gasteiger partial charge in [0.05, 0.1) is 12.8 Å². The molecule has 154 valence electrons. The monoisotopic (exact) mass is 399 g/mol. The number of carbonyl (C=O) groups excluding carboxylic acids is 3. The number of amides is 2. The fourth-order valence-electron chi connectivity index (χ4n) is 3.17. The van der Waals surface area contributed by atoms with E-state index in [1.54, 1.807) is 32.9 Å². The van der Waals surface area contributed by atoms with Crippen LogP contribution in [0, 0.1) is 25.6 Å². The molecular weight excluding hydrogens is 373 g/mol. The van der Waals surface area contributed by atoms with Crippen LogP contribution in [-0.4, -0.2) is 24.9 Å². The Balaban J connectivity index is 2.98. The van der Waals surface area contributed by atoms with E-state index in [0.717, 1.165) is 10.5 Å². The van der Waals surface area contributed by atoms with Gasteiger partial charge < -0.3 is 4.74 Å². The summed E-state index contributed by atoms with van der Waals surface area (Å²) in [4.78, 5) is 39.3. The molecule has 1 atom stereocenters. The van der Waals surface area contributed by atoms with Crippen molar-refractivity contribution in [3.63, 3.8) is 0 Å². The third-order valence-electron chi connectivity index (χ3n) is 5.14. The van der Waals surface area contributed by atoms with Crippen molar-refractivity contribution in [3.05, 3.63) is 52.8 Å². The fourth-order valence-corrected chi connectivity index (χ4v) is 3.17. The maximum absolute atomic E-state index is 14.0. The second kappa shape index (κ2) is 8.99. The first-order chi connectivity index (χ1) is 13.6. The lowest BCUT2D eigenvalue weighted by atomic mass is 9.89. The van der Waals surface area contributed by atoms with Crippen molar-refractivity contribution in [1.82, 2.24) is 0 Å². The quantitative estimate of drug-likeness (QED) is 0.627. The highest BCUT2D eigenvalue weighted by Gasteiger charge is 2.33. The molecule has 2 aromatic carbocycles. The van der Waals surface area contributed by atoms with Crippen molar-refractivity contribution in [2.24, 2.45) is 5.92 Å². The van der Waals surface area contributed by atoms with Crippen molar-refractivity contribution < 1.29 is 23.5 Å². The van der Waals surface area contributed by atoms with Gasteiger partial charge in [0.15, 0.2) is 5.78 Å². The lowest BCUT2D eigenvalue weighted by Crippen LogP contribution is -2.41. The second-order valence-corrected chi connectivity index (χ2v) is 7.11. The van der Waals surface area contributed by atoms with E-state index < -0.39 is 23.7 Å². The molecule has 0 aromatic heterocycles. The molecule has 0 spiro atoms. The summed E-state index contributed by atoms with van der Waals surface area (Å²) in [6.45, 7) is 8.52. The Labute approximate surface area is 170 Å². The Morgan fingerprint density at radius 1 is 1.17 bits per heavy atom. The summed E-state index contributed by atoms with van der Waals surface area (Å²) in [5, 5.41) is 0. The van der Waals surface area contributed by atoms with Crippen LogP contribution < -0.4 is 4.90 Å². The van der Waals surface area contributed by atoms with Crippen molar-refractivity contribution >= 4 is 23.5 Å². The normalized spacial score (nSPS) is 11.7. The highest BCUT2D eigenvalue weighted by atomic mass is 19.1. The van der Waals surface area contributed by atoms with Crippen LogP contribution in [0.5, 0.6) is 0 Å². The van der Waals surface area contributed by atoms with E-state index in [-0.39, 0.29) is 11.5 Å². The lowest BCUT2D eigenvalue weighted by Gasteiger charge is -2.28. The smallest absolute Gasteiger partial charge is 0.420 e. The molecule has 0 bridgehead atoms. The molecule has 1 unspecified atom stereocenters. The van der Waals surface area contributed by atoms with E-state index in [1.807, 2.05) is 6.92 Å². The van der Waals surface area contributed by atoms with Crippen molar-refractivity contribution in [3.8, 4) is 11.1 Å².